The molecular weight excluding hydrogens is 344 g/mol. The van der Waals surface area contributed by atoms with Crippen LogP contribution < -0.4 is 5.56 Å². The molecule has 0 saturated carbocycles. The molecule has 3 aromatic rings. The molecule has 1 aromatic carbocycles. The first-order valence-electron chi connectivity index (χ1n) is 8.06. The van der Waals surface area contributed by atoms with Crippen molar-refractivity contribution in [1.82, 2.24) is 24.2 Å². The molecule has 0 radical (unpaired) electrons. The van der Waals surface area contributed by atoms with Crippen molar-refractivity contribution in [2.24, 2.45) is 7.05 Å². The summed E-state index contributed by atoms with van der Waals surface area (Å²) in [6.45, 7) is 0.0293. The van der Waals surface area contributed by atoms with Crippen LogP contribution in [0.3, 0.4) is 0 Å². The monoisotopic (exact) mass is 359 g/mol. The molecule has 26 heavy (non-hydrogen) atoms. The van der Waals surface area contributed by atoms with Gasteiger partial charge in [0.05, 0.1) is 6.20 Å². The number of aryl methyl sites for hydroxylation is 1. The maximum absolute atomic E-state index is 14.0. The van der Waals surface area contributed by atoms with E-state index in [0.717, 1.165) is 12.1 Å². The predicted octanol–water partition coefficient (Wildman–Crippen LogP) is 0.993. The zero-order valence-electron chi connectivity index (χ0n) is 13.9. The number of benzene rings is 1. The lowest BCUT2D eigenvalue weighted by molar-refractivity contribution is -0.132. The number of carbonyl (C=O) groups is 1. The van der Waals surface area contributed by atoms with Crippen LogP contribution in [0.15, 0.2) is 29.5 Å². The maximum Gasteiger partial charge on any atom is 0.264 e. The third kappa shape index (κ3) is 2.56. The van der Waals surface area contributed by atoms with Crippen LogP contribution in [0.25, 0.3) is 11.0 Å². The van der Waals surface area contributed by atoms with E-state index in [0.29, 0.717) is 16.6 Å². The van der Waals surface area contributed by atoms with Crippen molar-refractivity contribution in [2.75, 3.05) is 6.54 Å². The molecule has 9 heteroatoms. The average Bonchev–Trinajstić information content (AvgIpc) is 3.02. The number of nitrogens with zero attached hydrogens (tertiary/aromatic N) is 5. The summed E-state index contributed by atoms with van der Waals surface area (Å²) in [6.07, 6.45) is 2.93. The van der Waals surface area contributed by atoms with E-state index in [1.807, 2.05) is 0 Å². The fraction of sp³-hybridized carbons (Fsp3) is 0.294. The molecule has 0 bridgehead atoms. The van der Waals surface area contributed by atoms with Crippen LogP contribution in [0.4, 0.5) is 8.78 Å². The van der Waals surface area contributed by atoms with E-state index >= 15 is 0 Å². The van der Waals surface area contributed by atoms with Crippen LogP contribution >= 0.6 is 0 Å². The van der Waals surface area contributed by atoms with Crippen molar-refractivity contribution in [3.8, 4) is 0 Å². The van der Waals surface area contributed by atoms with Gasteiger partial charge in [-0.05, 0) is 24.1 Å². The summed E-state index contributed by atoms with van der Waals surface area (Å²) in [5.41, 5.74) is 0.566. The molecule has 0 unspecified atom stereocenters. The van der Waals surface area contributed by atoms with Gasteiger partial charge >= 0.3 is 0 Å². The Morgan fingerprint density at radius 2 is 1.96 bits per heavy atom. The molecule has 4 rings (SSSR count). The number of hydrogen-bond donors (Lipinski definition) is 0. The first kappa shape index (κ1) is 16.4. The average molecular weight is 359 g/mol. The highest BCUT2D eigenvalue weighted by molar-refractivity contribution is 5.77. The number of amides is 1. The van der Waals surface area contributed by atoms with Gasteiger partial charge in [0, 0.05) is 25.7 Å². The standard InChI is InChI=1S/C17H15F2N5O2/c1-22-16-11(6-21-22)17(26)24(9-20-16)8-15(25)23-5-4-10-12(7-23)14(19)3-2-13(10)18/h2-3,6,9H,4-5,7-8H2,1H3. The summed E-state index contributed by atoms with van der Waals surface area (Å²) in [4.78, 5) is 30.6. The van der Waals surface area contributed by atoms with E-state index in [2.05, 4.69) is 10.1 Å². The predicted molar refractivity (Wildman–Crippen MR) is 88.2 cm³/mol. The Labute approximate surface area is 146 Å². The van der Waals surface area contributed by atoms with Crippen molar-refractivity contribution in [2.45, 2.75) is 19.5 Å². The number of carbonyl (C=O) groups excluding carboxylic acids is 1. The van der Waals surface area contributed by atoms with E-state index in [-0.39, 0.29) is 43.1 Å². The summed E-state index contributed by atoms with van der Waals surface area (Å²) < 4.78 is 30.4. The molecule has 1 aliphatic heterocycles. The van der Waals surface area contributed by atoms with Gasteiger partial charge in [-0.2, -0.15) is 5.10 Å². The molecule has 1 amide bonds. The van der Waals surface area contributed by atoms with Gasteiger partial charge in [0.25, 0.3) is 5.56 Å². The van der Waals surface area contributed by atoms with E-state index in [9.17, 15) is 18.4 Å². The second kappa shape index (κ2) is 6.01. The smallest absolute Gasteiger partial charge is 0.264 e. The van der Waals surface area contributed by atoms with Crippen LogP contribution in [0.5, 0.6) is 0 Å². The molecule has 0 saturated heterocycles. The fourth-order valence-electron chi connectivity index (χ4n) is 3.23. The van der Waals surface area contributed by atoms with E-state index in [1.165, 1.54) is 26.7 Å². The Balaban J connectivity index is 1.59. The van der Waals surface area contributed by atoms with Gasteiger partial charge < -0.3 is 4.90 Å². The second-order valence-corrected chi connectivity index (χ2v) is 6.23. The highest BCUT2D eigenvalue weighted by Crippen LogP contribution is 2.24. The van der Waals surface area contributed by atoms with Crippen molar-refractivity contribution in [3.63, 3.8) is 0 Å². The first-order chi connectivity index (χ1) is 12.5. The molecule has 0 aliphatic carbocycles. The summed E-state index contributed by atoms with van der Waals surface area (Å²) in [5, 5.41) is 4.30. The van der Waals surface area contributed by atoms with Gasteiger partial charge in [-0.3, -0.25) is 18.8 Å². The lowest BCUT2D eigenvalue weighted by Crippen LogP contribution is -2.40. The summed E-state index contributed by atoms with van der Waals surface area (Å²) >= 11 is 0. The van der Waals surface area contributed by atoms with Crippen molar-refractivity contribution in [1.29, 1.82) is 0 Å². The van der Waals surface area contributed by atoms with Crippen molar-refractivity contribution in [3.05, 3.63) is 57.8 Å². The van der Waals surface area contributed by atoms with Crippen molar-refractivity contribution < 1.29 is 13.6 Å². The SMILES string of the molecule is Cn1ncc2c(=O)n(CC(=O)N3CCc4c(F)ccc(F)c4C3)cnc21. The van der Waals surface area contributed by atoms with Gasteiger partial charge in [-0.15, -0.1) is 0 Å². The lowest BCUT2D eigenvalue weighted by Gasteiger charge is -2.29. The molecule has 0 spiro atoms. The Bertz CT molecular complexity index is 1090. The minimum absolute atomic E-state index is 0.0188. The number of fused-ring (bicyclic) bond motifs is 2. The van der Waals surface area contributed by atoms with Gasteiger partial charge in [0.15, 0.2) is 5.65 Å². The summed E-state index contributed by atoms with van der Waals surface area (Å²) in [6, 6.07) is 2.16. The number of halogens is 2. The zero-order valence-corrected chi connectivity index (χ0v) is 13.9. The van der Waals surface area contributed by atoms with Gasteiger partial charge in [0.1, 0.15) is 29.9 Å². The normalized spacial score (nSPS) is 13.9. The third-order valence-corrected chi connectivity index (χ3v) is 4.67. The molecular formula is C17H15F2N5O2. The maximum atomic E-state index is 14.0. The van der Waals surface area contributed by atoms with Gasteiger partial charge in [-0.25, -0.2) is 13.8 Å². The molecule has 0 fully saturated rings. The van der Waals surface area contributed by atoms with Crippen LogP contribution in [0.2, 0.25) is 0 Å². The minimum atomic E-state index is -0.533. The molecule has 7 nitrogen and oxygen atoms in total. The molecule has 1 aliphatic rings. The molecule has 3 heterocycles. The Hall–Kier alpha value is -3.10. The van der Waals surface area contributed by atoms with Gasteiger partial charge in [-0.1, -0.05) is 0 Å². The van der Waals surface area contributed by atoms with Crippen molar-refractivity contribution >= 4 is 16.9 Å². The molecule has 134 valence electrons. The topological polar surface area (TPSA) is 73.0 Å². The second-order valence-electron chi connectivity index (χ2n) is 6.23. The first-order valence-corrected chi connectivity index (χ1v) is 8.06. The third-order valence-electron chi connectivity index (χ3n) is 4.67. The van der Waals surface area contributed by atoms with Crippen LogP contribution in [0.1, 0.15) is 11.1 Å². The highest BCUT2D eigenvalue weighted by Gasteiger charge is 2.25. The quantitative estimate of drug-likeness (QED) is 0.684. The Morgan fingerprint density at radius 3 is 2.73 bits per heavy atom. The van der Waals surface area contributed by atoms with Crippen LogP contribution in [-0.2, 0) is 31.4 Å². The highest BCUT2D eigenvalue weighted by atomic mass is 19.1. The largest absolute Gasteiger partial charge is 0.336 e. The molecule has 0 N–H and O–H groups in total. The zero-order chi connectivity index (χ0) is 18.4. The number of hydrogen-bond acceptors (Lipinski definition) is 4. The van der Waals surface area contributed by atoms with E-state index in [1.54, 1.807) is 7.05 Å². The van der Waals surface area contributed by atoms with Crippen LogP contribution in [0, 0.1) is 11.6 Å². The summed E-state index contributed by atoms with van der Waals surface area (Å²) in [5.74, 6) is -1.35. The van der Waals surface area contributed by atoms with Crippen LogP contribution in [-0.4, -0.2) is 36.7 Å². The molecule has 2 aromatic heterocycles. The fourth-order valence-corrected chi connectivity index (χ4v) is 3.23. The number of rotatable bonds is 2. The Kier molecular flexibility index (Phi) is 3.78. The van der Waals surface area contributed by atoms with E-state index < -0.39 is 11.6 Å². The van der Waals surface area contributed by atoms with Gasteiger partial charge in [0.2, 0.25) is 5.91 Å². The van der Waals surface area contributed by atoms with E-state index in [4.69, 9.17) is 0 Å². The summed E-state index contributed by atoms with van der Waals surface area (Å²) in [7, 11) is 1.67. The Morgan fingerprint density at radius 1 is 1.23 bits per heavy atom. The minimum Gasteiger partial charge on any atom is -0.336 e. The number of aromatic nitrogens is 4. The molecule has 0 atom stereocenters. The lowest BCUT2D eigenvalue weighted by atomic mass is 9.98.